The lowest BCUT2D eigenvalue weighted by atomic mass is 10.4. The lowest BCUT2D eigenvalue weighted by Crippen LogP contribution is -2.32. The average Bonchev–Trinajstić information content (AvgIpc) is 2.73. The fourth-order valence-electron chi connectivity index (χ4n) is 3.49. The second-order valence-electron chi connectivity index (χ2n) is 10.1. The van der Waals surface area contributed by atoms with E-state index in [0.29, 0.717) is 0 Å². The van der Waals surface area contributed by atoms with Gasteiger partial charge in [-0.15, -0.1) is 17.2 Å². The highest BCUT2D eigenvalue weighted by Gasteiger charge is 2.15. The van der Waals surface area contributed by atoms with Gasteiger partial charge in [-0.3, -0.25) is 0 Å². The van der Waals surface area contributed by atoms with E-state index in [1.54, 1.807) is 0 Å². The molecule has 0 bridgehead atoms. The number of rotatable bonds is 25. The van der Waals surface area contributed by atoms with Gasteiger partial charge in [0, 0.05) is 39.1 Å². The molecule has 0 radical (unpaired) electrons. The molecular formula is C27H59NO5P2. The molecule has 8 heteroatoms. The first-order chi connectivity index (χ1) is 16.6. The zero-order valence-electron chi connectivity index (χ0n) is 24.4. The van der Waals surface area contributed by atoms with E-state index in [1.165, 1.54) is 24.6 Å². The Hall–Kier alpha value is 0.620. The topological polar surface area (TPSA) is 49.4 Å². The molecule has 0 aromatic carbocycles. The summed E-state index contributed by atoms with van der Waals surface area (Å²) in [4.78, 5) is 2.59. The molecule has 6 nitrogen and oxygen atoms in total. The highest BCUT2D eigenvalue weighted by molar-refractivity contribution is 7.38. The van der Waals surface area contributed by atoms with Crippen LogP contribution in [0.25, 0.3) is 0 Å². The van der Waals surface area contributed by atoms with Gasteiger partial charge in [-0.2, -0.15) is 0 Å². The fraction of sp³-hybridized carbons (Fsp3) is 1.00. The molecule has 0 aliphatic rings. The van der Waals surface area contributed by atoms with Crippen LogP contribution >= 0.6 is 17.2 Å². The van der Waals surface area contributed by atoms with Crippen LogP contribution in [-0.2, 0) is 23.7 Å². The van der Waals surface area contributed by atoms with Crippen molar-refractivity contribution in [3.63, 3.8) is 0 Å². The summed E-state index contributed by atoms with van der Waals surface area (Å²) in [6, 6.07) is 0. The van der Waals surface area contributed by atoms with Gasteiger partial charge in [-0.1, -0.05) is 6.92 Å². The van der Waals surface area contributed by atoms with Crippen molar-refractivity contribution >= 4 is 17.2 Å². The highest BCUT2D eigenvalue weighted by atomic mass is 31.1. The third kappa shape index (κ3) is 24.7. The first kappa shape index (κ1) is 35.6. The fourth-order valence-corrected chi connectivity index (χ4v) is 5.82. The van der Waals surface area contributed by atoms with Crippen molar-refractivity contribution in [2.45, 2.75) is 119 Å². The minimum atomic E-state index is -0.0783. The zero-order chi connectivity index (χ0) is 26.5. The lowest BCUT2D eigenvalue weighted by Gasteiger charge is -2.24. The van der Waals surface area contributed by atoms with Gasteiger partial charge in [-0.25, -0.2) is 0 Å². The summed E-state index contributed by atoms with van der Waals surface area (Å²) in [6.07, 6.45) is 8.49. The summed E-state index contributed by atoms with van der Waals surface area (Å²) in [5.41, 5.74) is 0. The second kappa shape index (κ2) is 23.7. The molecule has 2 atom stereocenters. The molecule has 0 amide bonds. The maximum Gasteiger partial charge on any atom is 0.158 e. The highest BCUT2D eigenvalue weighted by Crippen LogP contribution is 2.19. The molecule has 0 aliphatic heterocycles. The third-order valence-electron chi connectivity index (χ3n) is 4.92. The quantitative estimate of drug-likeness (QED) is 0.0782. The van der Waals surface area contributed by atoms with Crippen LogP contribution < -0.4 is 0 Å². The summed E-state index contributed by atoms with van der Waals surface area (Å²) >= 11 is 0. The van der Waals surface area contributed by atoms with Crippen molar-refractivity contribution in [2.75, 3.05) is 57.5 Å². The van der Waals surface area contributed by atoms with Crippen molar-refractivity contribution in [1.29, 1.82) is 0 Å². The second-order valence-corrected chi connectivity index (χ2v) is 13.1. The Labute approximate surface area is 221 Å². The van der Waals surface area contributed by atoms with Crippen LogP contribution in [0.3, 0.4) is 0 Å². The lowest BCUT2D eigenvalue weighted by molar-refractivity contribution is -0.181. The van der Waals surface area contributed by atoms with E-state index in [2.05, 4.69) is 67.2 Å². The van der Waals surface area contributed by atoms with Gasteiger partial charge < -0.3 is 28.6 Å². The molecule has 0 aromatic rings. The molecular weight excluding hydrogens is 480 g/mol. The van der Waals surface area contributed by atoms with E-state index >= 15 is 0 Å². The predicted octanol–water partition coefficient (Wildman–Crippen LogP) is 6.20. The molecule has 0 saturated heterocycles. The summed E-state index contributed by atoms with van der Waals surface area (Å²) in [7, 11) is 1.88. The minimum absolute atomic E-state index is 0.0783. The van der Waals surface area contributed by atoms with Gasteiger partial charge in [0.15, 0.2) is 12.6 Å². The number of hydrogen-bond donors (Lipinski definition) is 0. The van der Waals surface area contributed by atoms with Crippen LogP contribution in [0.4, 0.5) is 0 Å². The van der Waals surface area contributed by atoms with Crippen molar-refractivity contribution in [3.8, 4) is 0 Å². The Kier molecular flexibility index (Phi) is 24.1. The molecule has 0 N–H and O–H groups in total. The largest absolute Gasteiger partial charge is 0.380 e. The predicted molar refractivity (Wildman–Crippen MR) is 155 cm³/mol. The van der Waals surface area contributed by atoms with E-state index in [1.807, 2.05) is 0 Å². The Morgan fingerprint density at radius 2 is 0.943 bits per heavy atom. The summed E-state index contributed by atoms with van der Waals surface area (Å²) in [6.45, 7) is 23.8. The smallest absolute Gasteiger partial charge is 0.158 e. The number of ether oxygens (including phenoxy) is 5. The van der Waals surface area contributed by atoms with Crippen molar-refractivity contribution in [2.24, 2.45) is 0 Å². The van der Waals surface area contributed by atoms with Crippen molar-refractivity contribution in [3.05, 3.63) is 0 Å². The maximum absolute atomic E-state index is 5.94. The third-order valence-corrected chi connectivity index (χ3v) is 7.36. The Balaban J connectivity index is 4.33. The van der Waals surface area contributed by atoms with Crippen LogP contribution in [0.2, 0.25) is 0 Å². The molecule has 0 fully saturated rings. The molecule has 0 rings (SSSR count). The van der Waals surface area contributed by atoms with E-state index in [0.717, 1.165) is 69.3 Å². The van der Waals surface area contributed by atoms with E-state index in [-0.39, 0.29) is 37.0 Å². The van der Waals surface area contributed by atoms with Crippen LogP contribution in [0, 0.1) is 0 Å². The Morgan fingerprint density at radius 1 is 0.543 bits per heavy atom. The molecule has 2 unspecified atom stereocenters. The van der Waals surface area contributed by atoms with E-state index < -0.39 is 0 Å². The van der Waals surface area contributed by atoms with Gasteiger partial charge in [-0.05, 0) is 86.5 Å². The Morgan fingerprint density at radius 3 is 1.29 bits per heavy atom. The van der Waals surface area contributed by atoms with E-state index in [4.69, 9.17) is 23.7 Å². The standard InChI is InChI=1S/C27H59NO5P2/c1-10-16-29-17-13-28(14-20-34-18-11-26(30-22(2)3)31-23(4)5)15-21-35-19-12-27(32-24(6)7)33-25(8)9/h22-27,34-35H,10-21H2,1-9H3. The normalized spacial score (nSPS) is 13.4. The van der Waals surface area contributed by atoms with Gasteiger partial charge in [0.1, 0.15) is 0 Å². The molecule has 0 aromatic heterocycles. The van der Waals surface area contributed by atoms with Gasteiger partial charge in [0.2, 0.25) is 0 Å². The SMILES string of the molecule is CCCOCCN(CCPCCC(OC(C)C)OC(C)C)CCPCCC(OC(C)C)OC(C)C. The molecule has 35 heavy (non-hydrogen) atoms. The summed E-state index contributed by atoms with van der Waals surface area (Å²) in [5, 5.41) is 0. The molecule has 0 heterocycles. The minimum Gasteiger partial charge on any atom is -0.380 e. The monoisotopic (exact) mass is 539 g/mol. The van der Waals surface area contributed by atoms with Gasteiger partial charge in [0.25, 0.3) is 0 Å². The first-order valence-electron chi connectivity index (χ1n) is 14.0. The Bertz CT molecular complexity index is 401. The summed E-state index contributed by atoms with van der Waals surface area (Å²) in [5.74, 6) is 0. The van der Waals surface area contributed by atoms with E-state index in [9.17, 15) is 0 Å². The average molecular weight is 540 g/mol. The number of hydrogen-bond acceptors (Lipinski definition) is 6. The molecule has 0 aliphatic carbocycles. The molecule has 0 saturated carbocycles. The van der Waals surface area contributed by atoms with Gasteiger partial charge >= 0.3 is 0 Å². The van der Waals surface area contributed by atoms with Crippen LogP contribution in [-0.4, -0.2) is 99.4 Å². The van der Waals surface area contributed by atoms with Gasteiger partial charge in [0.05, 0.1) is 31.0 Å². The van der Waals surface area contributed by atoms with Crippen LogP contribution in [0.5, 0.6) is 0 Å². The first-order valence-corrected chi connectivity index (χ1v) is 16.8. The molecule has 212 valence electrons. The zero-order valence-corrected chi connectivity index (χ0v) is 26.4. The van der Waals surface area contributed by atoms with Crippen molar-refractivity contribution in [1.82, 2.24) is 4.90 Å². The molecule has 0 spiro atoms. The van der Waals surface area contributed by atoms with Crippen LogP contribution in [0.15, 0.2) is 0 Å². The summed E-state index contributed by atoms with van der Waals surface area (Å²) < 4.78 is 29.5. The van der Waals surface area contributed by atoms with Crippen LogP contribution in [0.1, 0.15) is 81.6 Å². The maximum atomic E-state index is 5.94. The number of nitrogens with zero attached hydrogens (tertiary/aromatic N) is 1. The van der Waals surface area contributed by atoms with Crippen molar-refractivity contribution < 1.29 is 23.7 Å².